The largest absolute Gasteiger partial charge is 0.464 e. The molecular weight excluding hydrogens is 304 g/mol. The van der Waals surface area contributed by atoms with Gasteiger partial charge in [-0.15, -0.1) is 0 Å². The fourth-order valence-electron chi connectivity index (χ4n) is 1.18. The zero-order valence-electron chi connectivity index (χ0n) is 10.7. The lowest BCUT2D eigenvalue weighted by atomic mass is 10.2. The first-order chi connectivity index (χ1) is 8.28. The summed E-state index contributed by atoms with van der Waals surface area (Å²) >= 11 is 3.22. The van der Waals surface area contributed by atoms with Gasteiger partial charge in [-0.05, 0) is 26.8 Å². The number of rotatable bonds is 2. The molecule has 0 saturated heterocycles. The number of hydrogen-bond acceptors (Lipinski definition) is 5. The molecule has 1 aromatic heterocycles. The highest BCUT2D eigenvalue weighted by atomic mass is 79.9. The van der Waals surface area contributed by atoms with Gasteiger partial charge in [0, 0.05) is 5.33 Å². The normalized spacial score (nSPS) is 11.2. The van der Waals surface area contributed by atoms with Gasteiger partial charge in [0.2, 0.25) is 0 Å². The molecule has 0 aliphatic carbocycles. The molecule has 0 unspecified atom stereocenters. The topological polar surface area (TPSA) is 70.4 Å². The number of hydrogen-bond donors (Lipinski definition) is 0. The second-order valence-electron chi connectivity index (χ2n) is 4.54. The van der Waals surface area contributed by atoms with Crippen molar-refractivity contribution in [3.63, 3.8) is 0 Å². The first-order valence-electron chi connectivity index (χ1n) is 5.25. The van der Waals surface area contributed by atoms with E-state index in [1.54, 1.807) is 20.8 Å². The number of aromatic nitrogens is 2. The third-order valence-corrected chi connectivity index (χ3v) is 2.46. The monoisotopic (exact) mass is 318 g/mol. The molecule has 0 spiro atoms. The highest BCUT2D eigenvalue weighted by Crippen LogP contribution is 2.14. The Balaban J connectivity index is 3.04. The molecule has 0 bridgehead atoms. The lowest BCUT2D eigenvalue weighted by Gasteiger charge is -2.19. The second kappa shape index (κ2) is 5.51. The van der Waals surface area contributed by atoms with Crippen LogP contribution in [0.15, 0.2) is 6.07 Å². The number of carbonyl (C=O) groups excluding carboxylic acids is 2. The van der Waals surface area contributed by atoms with E-state index in [-0.39, 0.29) is 5.69 Å². The van der Waals surface area contributed by atoms with Gasteiger partial charge in [-0.2, -0.15) is 9.78 Å². The van der Waals surface area contributed by atoms with Crippen molar-refractivity contribution >= 4 is 28.0 Å². The van der Waals surface area contributed by atoms with Crippen molar-refractivity contribution in [3.05, 3.63) is 17.5 Å². The Kier molecular flexibility index (Phi) is 4.50. The number of methoxy groups -OCH3 is 1. The molecule has 0 aliphatic heterocycles. The van der Waals surface area contributed by atoms with E-state index >= 15 is 0 Å². The van der Waals surface area contributed by atoms with E-state index in [1.807, 2.05) is 0 Å². The Labute approximate surface area is 113 Å². The third-order valence-electron chi connectivity index (χ3n) is 1.88. The first kappa shape index (κ1) is 14.7. The fraction of sp³-hybridized carbons (Fsp3) is 0.545. The van der Waals surface area contributed by atoms with E-state index in [9.17, 15) is 9.59 Å². The number of esters is 1. The molecule has 0 fully saturated rings. The van der Waals surface area contributed by atoms with E-state index < -0.39 is 17.7 Å². The summed E-state index contributed by atoms with van der Waals surface area (Å²) in [7, 11) is 1.25. The van der Waals surface area contributed by atoms with E-state index in [0.717, 1.165) is 4.68 Å². The van der Waals surface area contributed by atoms with Gasteiger partial charge in [-0.3, -0.25) is 0 Å². The standard InChI is InChI=1S/C11H15BrN2O4/c1-11(2,3)18-10(16)14-7(6-12)5-8(13-14)9(15)17-4/h5H,6H2,1-4H3. The van der Waals surface area contributed by atoms with Gasteiger partial charge in [0.05, 0.1) is 12.8 Å². The number of halogens is 1. The van der Waals surface area contributed by atoms with Gasteiger partial charge >= 0.3 is 12.1 Å². The maximum absolute atomic E-state index is 11.9. The van der Waals surface area contributed by atoms with Crippen molar-refractivity contribution in [1.29, 1.82) is 0 Å². The Morgan fingerprint density at radius 2 is 2.06 bits per heavy atom. The van der Waals surface area contributed by atoms with Gasteiger partial charge in [-0.1, -0.05) is 15.9 Å². The van der Waals surface area contributed by atoms with E-state index in [0.29, 0.717) is 11.0 Å². The molecule has 0 amide bonds. The summed E-state index contributed by atoms with van der Waals surface area (Å²) in [5.41, 5.74) is -0.0413. The van der Waals surface area contributed by atoms with Crippen molar-refractivity contribution in [2.45, 2.75) is 31.7 Å². The molecule has 1 rings (SSSR count). The molecule has 0 aromatic carbocycles. The maximum Gasteiger partial charge on any atom is 0.435 e. The Morgan fingerprint density at radius 1 is 1.44 bits per heavy atom. The van der Waals surface area contributed by atoms with Crippen LogP contribution in [-0.4, -0.2) is 34.6 Å². The van der Waals surface area contributed by atoms with E-state index in [4.69, 9.17) is 4.74 Å². The minimum Gasteiger partial charge on any atom is -0.464 e. The lowest BCUT2D eigenvalue weighted by Crippen LogP contribution is -2.28. The zero-order valence-corrected chi connectivity index (χ0v) is 12.3. The molecule has 100 valence electrons. The van der Waals surface area contributed by atoms with Crippen molar-refractivity contribution in [3.8, 4) is 0 Å². The smallest absolute Gasteiger partial charge is 0.435 e. The number of nitrogens with zero attached hydrogens (tertiary/aromatic N) is 2. The van der Waals surface area contributed by atoms with Crippen LogP contribution in [0.2, 0.25) is 0 Å². The van der Waals surface area contributed by atoms with Crippen LogP contribution < -0.4 is 0 Å². The van der Waals surface area contributed by atoms with Gasteiger partial charge < -0.3 is 9.47 Å². The average Bonchev–Trinajstić information content (AvgIpc) is 2.69. The van der Waals surface area contributed by atoms with E-state index in [2.05, 4.69) is 25.8 Å². The molecule has 6 nitrogen and oxygen atoms in total. The zero-order chi connectivity index (χ0) is 13.9. The van der Waals surface area contributed by atoms with Crippen LogP contribution in [0.1, 0.15) is 37.0 Å². The minimum atomic E-state index is -0.632. The Morgan fingerprint density at radius 3 is 2.50 bits per heavy atom. The molecule has 1 aromatic rings. The molecule has 0 atom stereocenters. The quantitative estimate of drug-likeness (QED) is 0.618. The van der Waals surface area contributed by atoms with Gasteiger partial charge in [0.1, 0.15) is 5.60 Å². The SMILES string of the molecule is COC(=O)c1cc(CBr)n(C(=O)OC(C)(C)C)n1. The average molecular weight is 319 g/mol. The number of ether oxygens (including phenoxy) is 2. The molecule has 0 aliphatic rings. The van der Waals surface area contributed by atoms with Gasteiger partial charge in [-0.25, -0.2) is 9.59 Å². The summed E-state index contributed by atoms with van der Waals surface area (Å²) in [6, 6.07) is 1.48. The van der Waals surface area contributed by atoms with Crippen LogP contribution >= 0.6 is 15.9 Å². The van der Waals surface area contributed by atoms with Crippen molar-refractivity contribution in [2.75, 3.05) is 7.11 Å². The summed E-state index contributed by atoms with van der Waals surface area (Å²) in [6.45, 7) is 5.26. The van der Waals surface area contributed by atoms with Crippen LogP contribution in [-0.2, 0) is 14.8 Å². The molecule has 7 heteroatoms. The summed E-state index contributed by atoms with van der Waals surface area (Å²) < 4.78 is 10.8. The summed E-state index contributed by atoms with van der Waals surface area (Å²) in [4.78, 5) is 23.2. The predicted molar refractivity (Wildman–Crippen MR) is 67.8 cm³/mol. The van der Waals surface area contributed by atoms with Gasteiger partial charge in [0.15, 0.2) is 5.69 Å². The number of alkyl halides is 1. The minimum absolute atomic E-state index is 0.0674. The van der Waals surface area contributed by atoms with Gasteiger partial charge in [0.25, 0.3) is 0 Å². The molecule has 0 N–H and O–H groups in total. The molecule has 18 heavy (non-hydrogen) atoms. The van der Waals surface area contributed by atoms with Crippen molar-refractivity contribution in [2.24, 2.45) is 0 Å². The van der Waals surface area contributed by atoms with Crippen LogP contribution in [0.5, 0.6) is 0 Å². The molecule has 0 radical (unpaired) electrons. The van der Waals surface area contributed by atoms with Crippen LogP contribution in [0.25, 0.3) is 0 Å². The summed E-state index contributed by atoms with van der Waals surface area (Å²) in [6.07, 6.45) is -0.632. The first-order valence-corrected chi connectivity index (χ1v) is 6.37. The highest BCUT2D eigenvalue weighted by molar-refractivity contribution is 9.08. The van der Waals surface area contributed by atoms with Crippen LogP contribution in [0.3, 0.4) is 0 Å². The molecule has 0 saturated carbocycles. The maximum atomic E-state index is 11.9. The molecule has 1 heterocycles. The van der Waals surface area contributed by atoms with E-state index in [1.165, 1.54) is 13.2 Å². The molecular formula is C11H15BrN2O4. The fourth-order valence-corrected chi connectivity index (χ4v) is 1.58. The van der Waals surface area contributed by atoms with Crippen molar-refractivity contribution in [1.82, 2.24) is 9.78 Å². The van der Waals surface area contributed by atoms with Crippen molar-refractivity contribution < 1.29 is 19.1 Å². The summed E-state index contributed by atoms with van der Waals surface area (Å²) in [5.74, 6) is -0.598. The Hall–Kier alpha value is -1.37. The highest BCUT2D eigenvalue weighted by Gasteiger charge is 2.23. The summed E-state index contributed by atoms with van der Waals surface area (Å²) in [5, 5.41) is 4.24. The van der Waals surface area contributed by atoms with Crippen LogP contribution in [0, 0.1) is 0 Å². The predicted octanol–water partition coefficient (Wildman–Crippen LogP) is 2.35. The van der Waals surface area contributed by atoms with Crippen LogP contribution in [0.4, 0.5) is 4.79 Å². The second-order valence-corrected chi connectivity index (χ2v) is 5.10. The lowest BCUT2D eigenvalue weighted by molar-refractivity contribution is 0.0508. The Bertz CT molecular complexity index is 462. The number of carbonyl (C=O) groups is 2. The third kappa shape index (κ3) is 3.56.